The number of anilines is 1. The molecule has 0 radical (unpaired) electrons. The van der Waals surface area contributed by atoms with Crippen molar-refractivity contribution in [2.24, 2.45) is 0 Å². The van der Waals surface area contributed by atoms with Gasteiger partial charge in [-0.2, -0.15) is 14.2 Å². The summed E-state index contributed by atoms with van der Waals surface area (Å²) in [4.78, 5) is 36.2. The second kappa shape index (κ2) is 8.42. The molecule has 0 saturated heterocycles. The van der Waals surface area contributed by atoms with Gasteiger partial charge in [0.1, 0.15) is 5.69 Å². The number of para-hydroxylation sites is 1. The molecule has 0 atom stereocenters. The van der Waals surface area contributed by atoms with Crippen LogP contribution in [-0.2, 0) is 6.54 Å². The predicted molar refractivity (Wildman–Crippen MR) is 116 cm³/mol. The average Bonchev–Trinajstić information content (AvgIpc) is 3.11. The third kappa shape index (κ3) is 3.85. The number of nitrogens with zero attached hydrogens (tertiary/aromatic N) is 4. The molecular weight excluding hydrogens is 417 g/mol. The lowest BCUT2D eigenvalue weighted by Crippen LogP contribution is -2.17. The Bertz CT molecular complexity index is 1350. The van der Waals surface area contributed by atoms with Gasteiger partial charge in [-0.3, -0.25) is 19.7 Å². The average molecular weight is 435 g/mol. The number of pyridine rings is 1. The molecule has 1 amide bonds. The van der Waals surface area contributed by atoms with Gasteiger partial charge in [0, 0.05) is 30.7 Å². The third-order valence-electron chi connectivity index (χ3n) is 4.85. The number of carbonyl (C=O) groups is 1. The van der Waals surface area contributed by atoms with Crippen molar-refractivity contribution in [1.29, 1.82) is 0 Å². The molecule has 2 aromatic carbocycles. The Morgan fingerprint density at radius 3 is 2.62 bits per heavy atom. The molecular formula is C22H18FN5O4. The van der Waals surface area contributed by atoms with Gasteiger partial charge in [-0.1, -0.05) is 25.1 Å². The van der Waals surface area contributed by atoms with Gasteiger partial charge in [0.2, 0.25) is 5.82 Å². The standard InChI is InChI=1S/C22H18FN5O4/c1-2-10-26-12-16(21(29)24-14-8-9-18(23)19(11-14)28(31)32)20-17(13-26)22(30)27(25-20)15-6-4-3-5-7-15/h3-9,11-13H,2,10H2,1H3,(H,24,29). The fraction of sp³-hybridized carbons (Fsp3) is 0.136. The van der Waals surface area contributed by atoms with E-state index < -0.39 is 22.3 Å². The van der Waals surface area contributed by atoms with E-state index in [4.69, 9.17) is 0 Å². The van der Waals surface area contributed by atoms with Gasteiger partial charge >= 0.3 is 5.69 Å². The summed E-state index contributed by atoms with van der Waals surface area (Å²) in [6.07, 6.45) is 3.98. The van der Waals surface area contributed by atoms with Crippen LogP contribution in [0.4, 0.5) is 15.8 Å². The zero-order chi connectivity index (χ0) is 22.8. The minimum absolute atomic E-state index is 0.0481. The maximum atomic E-state index is 13.6. The van der Waals surface area contributed by atoms with Crippen LogP contribution in [0.15, 0.2) is 65.7 Å². The zero-order valence-corrected chi connectivity index (χ0v) is 17.0. The van der Waals surface area contributed by atoms with Gasteiger partial charge in [-0.25, -0.2) is 0 Å². The minimum Gasteiger partial charge on any atom is -0.353 e. The molecule has 0 bridgehead atoms. The molecule has 32 heavy (non-hydrogen) atoms. The highest BCUT2D eigenvalue weighted by molar-refractivity contribution is 6.08. The maximum Gasteiger partial charge on any atom is 0.306 e. The summed E-state index contributed by atoms with van der Waals surface area (Å²) in [5.74, 6) is -1.63. The molecule has 162 valence electrons. The van der Waals surface area contributed by atoms with Crippen molar-refractivity contribution in [3.8, 4) is 16.9 Å². The fourth-order valence-corrected chi connectivity index (χ4v) is 3.39. The van der Waals surface area contributed by atoms with Gasteiger partial charge in [0.05, 0.1) is 21.7 Å². The predicted octanol–water partition coefficient (Wildman–Crippen LogP) is 3.85. The molecule has 2 aliphatic rings. The summed E-state index contributed by atoms with van der Waals surface area (Å²) >= 11 is 0. The quantitative estimate of drug-likeness (QED) is 0.365. The molecule has 10 heteroatoms. The first-order valence-corrected chi connectivity index (χ1v) is 9.82. The molecule has 0 aliphatic carbocycles. The van der Waals surface area contributed by atoms with E-state index in [1.54, 1.807) is 41.2 Å². The normalized spacial score (nSPS) is 10.9. The van der Waals surface area contributed by atoms with Gasteiger partial charge in [-0.05, 0) is 30.7 Å². The largest absolute Gasteiger partial charge is 0.353 e. The highest BCUT2D eigenvalue weighted by Gasteiger charge is 2.25. The van der Waals surface area contributed by atoms with Crippen molar-refractivity contribution in [2.45, 2.75) is 19.9 Å². The van der Waals surface area contributed by atoms with Crippen molar-refractivity contribution >= 4 is 17.3 Å². The van der Waals surface area contributed by atoms with Crippen molar-refractivity contribution in [2.75, 3.05) is 5.32 Å². The van der Waals surface area contributed by atoms with E-state index in [-0.39, 0.29) is 28.1 Å². The topological polar surface area (TPSA) is 112 Å². The molecule has 2 heterocycles. The van der Waals surface area contributed by atoms with E-state index in [0.717, 1.165) is 18.6 Å². The highest BCUT2D eigenvalue weighted by Crippen LogP contribution is 2.25. The molecule has 0 unspecified atom stereocenters. The Balaban J connectivity index is 1.80. The number of hydrogen-bond donors (Lipinski definition) is 1. The number of benzene rings is 2. The van der Waals surface area contributed by atoms with Gasteiger partial charge in [0.15, 0.2) is 0 Å². The number of nitro groups is 1. The minimum atomic E-state index is -1.01. The number of nitro benzene ring substituents is 1. The van der Waals surface area contributed by atoms with E-state index in [0.29, 0.717) is 12.2 Å². The number of nitrogens with one attached hydrogen (secondary N) is 1. The monoisotopic (exact) mass is 435 g/mol. The van der Waals surface area contributed by atoms with Crippen LogP contribution in [0.2, 0.25) is 0 Å². The van der Waals surface area contributed by atoms with Crippen LogP contribution in [0.1, 0.15) is 23.7 Å². The number of aryl methyl sites for hydroxylation is 1. The summed E-state index contributed by atoms with van der Waals surface area (Å²) in [5.41, 5.74) is 0.0543. The van der Waals surface area contributed by atoms with Gasteiger partial charge in [-0.15, -0.1) is 0 Å². The number of hydrogen-bond acceptors (Lipinski definition) is 5. The van der Waals surface area contributed by atoms with Crippen molar-refractivity contribution in [3.63, 3.8) is 0 Å². The lowest BCUT2D eigenvalue weighted by molar-refractivity contribution is -0.387. The van der Waals surface area contributed by atoms with Crippen molar-refractivity contribution < 1.29 is 14.1 Å². The lowest BCUT2D eigenvalue weighted by Gasteiger charge is -2.12. The SMILES string of the molecule is CCCn1cc(C(=O)Nc2ccc(F)c([N+](=O)[O-])c2)c2nn(-c3ccccc3)c(=O)c-2c1. The van der Waals surface area contributed by atoms with Crippen molar-refractivity contribution in [3.05, 3.63) is 92.8 Å². The maximum absolute atomic E-state index is 13.6. The Morgan fingerprint density at radius 1 is 1.19 bits per heavy atom. The van der Waals surface area contributed by atoms with E-state index in [1.807, 2.05) is 13.0 Å². The Hall–Kier alpha value is -4.34. The van der Waals surface area contributed by atoms with E-state index >= 15 is 0 Å². The Morgan fingerprint density at radius 2 is 1.94 bits per heavy atom. The molecule has 0 aromatic heterocycles. The number of aromatic nitrogens is 3. The van der Waals surface area contributed by atoms with Crippen LogP contribution in [0.3, 0.4) is 0 Å². The van der Waals surface area contributed by atoms with Gasteiger partial charge in [0.25, 0.3) is 11.5 Å². The van der Waals surface area contributed by atoms with Crippen LogP contribution >= 0.6 is 0 Å². The first-order valence-electron chi connectivity index (χ1n) is 9.82. The fourth-order valence-electron chi connectivity index (χ4n) is 3.39. The van der Waals surface area contributed by atoms with E-state index in [1.165, 1.54) is 10.7 Å². The molecule has 0 spiro atoms. The first-order chi connectivity index (χ1) is 15.4. The summed E-state index contributed by atoms with van der Waals surface area (Å²) < 4.78 is 16.6. The van der Waals surface area contributed by atoms with Crippen LogP contribution in [0, 0.1) is 15.9 Å². The molecule has 0 saturated carbocycles. The van der Waals surface area contributed by atoms with Crippen LogP contribution in [0.5, 0.6) is 0 Å². The van der Waals surface area contributed by atoms with Crippen LogP contribution < -0.4 is 10.9 Å². The molecule has 9 nitrogen and oxygen atoms in total. The Kier molecular flexibility index (Phi) is 5.50. The van der Waals surface area contributed by atoms with Crippen LogP contribution in [-0.4, -0.2) is 25.2 Å². The number of carbonyl (C=O) groups excluding carboxylic acids is 1. The molecule has 1 N–H and O–H groups in total. The second-order valence-electron chi connectivity index (χ2n) is 7.10. The molecule has 4 rings (SSSR count). The zero-order valence-electron chi connectivity index (χ0n) is 17.0. The smallest absolute Gasteiger partial charge is 0.306 e. The highest BCUT2D eigenvalue weighted by atomic mass is 19.1. The van der Waals surface area contributed by atoms with Crippen molar-refractivity contribution in [1.82, 2.24) is 14.3 Å². The van der Waals surface area contributed by atoms with Gasteiger partial charge < -0.3 is 9.88 Å². The van der Waals surface area contributed by atoms with E-state index in [2.05, 4.69) is 10.4 Å². The lowest BCUT2D eigenvalue weighted by atomic mass is 10.1. The van der Waals surface area contributed by atoms with E-state index in [9.17, 15) is 24.1 Å². The Labute approximate surface area is 181 Å². The number of fused-ring (bicyclic) bond motifs is 1. The van der Waals surface area contributed by atoms with Crippen LogP contribution in [0.25, 0.3) is 16.9 Å². The summed E-state index contributed by atoms with van der Waals surface area (Å²) in [7, 11) is 0. The second-order valence-corrected chi connectivity index (χ2v) is 7.10. The number of halogens is 1. The molecule has 2 aliphatic heterocycles. The molecule has 0 fully saturated rings. The molecule has 2 aromatic rings. The third-order valence-corrected chi connectivity index (χ3v) is 4.85. The summed E-state index contributed by atoms with van der Waals surface area (Å²) in [6.45, 7) is 2.52. The summed E-state index contributed by atoms with van der Waals surface area (Å²) in [5, 5.41) is 17.9. The summed E-state index contributed by atoms with van der Waals surface area (Å²) in [6, 6.07) is 11.9. The number of rotatable bonds is 6. The first kappa shape index (κ1) is 20.9. The number of amides is 1.